The van der Waals surface area contributed by atoms with E-state index >= 15 is 0 Å². The normalized spacial score (nSPS) is 31.1. The first-order valence-electron chi connectivity index (χ1n) is 6.49. The Morgan fingerprint density at radius 3 is 2.47 bits per heavy atom. The minimum Gasteiger partial charge on any atom is -0.367 e. The Morgan fingerprint density at radius 1 is 1.24 bits per heavy atom. The molecule has 0 aromatic carbocycles. The molecule has 0 spiro atoms. The van der Waals surface area contributed by atoms with Crippen LogP contribution in [-0.4, -0.2) is 24.1 Å². The topological polar surface area (TPSA) is 37.0 Å². The molecular weight excluding hydrogens is 210 g/mol. The molecule has 2 unspecified atom stereocenters. The van der Waals surface area contributed by atoms with Gasteiger partial charge in [0.15, 0.2) is 0 Å². The molecule has 3 heteroatoms. The Labute approximate surface area is 103 Å². The molecule has 1 aliphatic carbocycles. The summed E-state index contributed by atoms with van der Waals surface area (Å²) in [4.78, 5) is 4.52. The van der Waals surface area contributed by atoms with Gasteiger partial charge in [-0.15, -0.1) is 0 Å². The molecule has 0 bridgehead atoms. The van der Waals surface area contributed by atoms with Crippen LogP contribution in [0, 0.1) is 11.8 Å². The number of anilines is 1. The molecule has 2 atom stereocenters. The highest BCUT2D eigenvalue weighted by Crippen LogP contribution is 2.43. The summed E-state index contributed by atoms with van der Waals surface area (Å²) in [5.74, 6) is 2.69. The summed E-state index contributed by atoms with van der Waals surface area (Å²) in [6.45, 7) is 8.99. The van der Waals surface area contributed by atoms with Gasteiger partial charge in [0.1, 0.15) is 5.82 Å². The summed E-state index contributed by atoms with van der Waals surface area (Å²) in [5, 5.41) is 6.95. The molecule has 92 valence electrons. The minimum atomic E-state index is 0.186. The summed E-state index contributed by atoms with van der Waals surface area (Å²) >= 11 is 0. The van der Waals surface area contributed by atoms with Crippen molar-refractivity contribution in [3.63, 3.8) is 0 Å². The van der Waals surface area contributed by atoms with E-state index in [-0.39, 0.29) is 5.41 Å². The first kappa shape index (κ1) is 11.0. The van der Waals surface area contributed by atoms with E-state index in [9.17, 15) is 0 Å². The number of fused-ring (bicyclic) bond motifs is 1. The van der Waals surface area contributed by atoms with Gasteiger partial charge < -0.3 is 10.6 Å². The zero-order chi connectivity index (χ0) is 12.0. The Balaban J connectivity index is 1.65. The van der Waals surface area contributed by atoms with Crippen molar-refractivity contribution in [1.29, 1.82) is 0 Å². The van der Waals surface area contributed by atoms with E-state index in [0.717, 1.165) is 17.7 Å². The average molecular weight is 231 g/mol. The van der Waals surface area contributed by atoms with Gasteiger partial charge in [0.25, 0.3) is 0 Å². The van der Waals surface area contributed by atoms with Crippen molar-refractivity contribution in [3.8, 4) is 0 Å². The maximum atomic E-state index is 4.52. The van der Waals surface area contributed by atoms with E-state index in [1.165, 1.54) is 18.7 Å². The van der Waals surface area contributed by atoms with Gasteiger partial charge >= 0.3 is 0 Å². The fraction of sp³-hybridized carbons (Fsp3) is 0.643. The lowest BCUT2D eigenvalue weighted by molar-refractivity contribution is 0.587. The van der Waals surface area contributed by atoms with Crippen molar-refractivity contribution in [1.82, 2.24) is 10.3 Å². The van der Waals surface area contributed by atoms with Gasteiger partial charge in [-0.25, -0.2) is 4.98 Å². The third-order valence-corrected chi connectivity index (χ3v) is 4.04. The van der Waals surface area contributed by atoms with Crippen LogP contribution in [0.25, 0.3) is 0 Å². The van der Waals surface area contributed by atoms with Crippen molar-refractivity contribution in [3.05, 3.63) is 23.9 Å². The van der Waals surface area contributed by atoms with Crippen LogP contribution in [0.4, 0.5) is 5.82 Å². The largest absolute Gasteiger partial charge is 0.367 e. The maximum absolute atomic E-state index is 4.52. The number of hydrogen-bond acceptors (Lipinski definition) is 3. The van der Waals surface area contributed by atoms with Crippen LogP contribution >= 0.6 is 0 Å². The molecule has 2 N–H and O–H groups in total. The van der Waals surface area contributed by atoms with E-state index in [1.54, 1.807) is 0 Å². The van der Waals surface area contributed by atoms with Crippen LogP contribution < -0.4 is 10.6 Å². The predicted molar refractivity (Wildman–Crippen MR) is 70.2 cm³/mol. The highest BCUT2D eigenvalue weighted by Gasteiger charge is 2.53. The Hall–Kier alpha value is -1.09. The fourth-order valence-corrected chi connectivity index (χ4v) is 2.73. The second-order valence-electron chi connectivity index (χ2n) is 6.34. The highest BCUT2D eigenvalue weighted by molar-refractivity contribution is 5.41. The summed E-state index contributed by atoms with van der Waals surface area (Å²) < 4.78 is 0. The smallest absolute Gasteiger partial charge is 0.126 e. The van der Waals surface area contributed by atoms with Crippen LogP contribution in [0.15, 0.2) is 18.3 Å². The zero-order valence-electron chi connectivity index (χ0n) is 10.8. The van der Waals surface area contributed by atoms with Gasteiger partial charge in [0.2, 0.25) is 0 Å². The van der Waals surface area contributed by atoms with Crippen LogP contribution in [0.1, 0.15) is 26.3 Å². The van der Waals surface area contributed by atoms with Crippen LogP contribution in [-0.2, 0) is 5.41 Å². The van der Waals surface area contributed by atoms with Crippen molar-refractivity contribution < 1.29 is 0 Å². The second-order valence-corrected chi connectivity index (χ2v) is 6.34. The fourth-order valence-electron chi connectivity index (χ4n) is 2.73. The molecule has 1 aromatic rings. The predicted octanol–water partition coefficient (Wildman–Crippen LogP) is 2.01. The average Bonchev–Trinajstić information content (AvgIpc) is 2.74. The molecule has 3 rings (SSSR count). The quantitative estimate of drug-likeness (QED) is 0.817. The first-order chi connectivity index (χ1) is 8.05. The van der Waals surface area contributed by atoms with Gasteiger partial charge in [-0.2, -0.15) is 0 Å². The number of nitrogens with zero attached hydrogens (tertiary/aromatic N) is 1. The van der Waals surface area contributed by atoms with Crippen molar-refractivity contribution >= 4 is 5.82 Å². The minimum absolute atomic E-state index is 0.186. The molecule has 1 aliphatic heterocycles. The van der Waals surface area contributed by atoms with Gasteiger partial charge in [0, 0.05) is 25.3 Å². The van der Waals surface area contributed by atoms with E-state index in [2.05, 4.69) is 48.5 Å². The van der Waals surface area contributed by atoms with E-state index < -0.39 is 0 Å². The summed E-state index contributed by atoms with van der Waals surface area (Å²) in [6.07, 6.45) is 2.00. The maximum Gasteiger partial charge on any atom is 0.126 e. The van der Waals surface area contributed by atoms with Crippen molar-refractivity contribution in [2.75, 3.05) is 18.4 Å². The van der Waals surface area contributed by atoms with Crippen LogP contribution in [0.2, 0.25) is 0 Å². The number of nitrogens with one attached hydrogen (secondary N) is 2. The van der Waals surface area contributed by atoms with Gasteiger partial charge in [-0.05, 0) is 28.9 Å². The summed E-state index contributed by atoms with van der Waals surface area (Å²) in [5.41, 5.74) is 1.48. The molecule has 0 amide bonds. The van der Waals surface area contributed by atoms with Crippen LogP contribution in [0.3, 0.4) is 0 Å². The molecule has 1 aromatic heterocycles. The van der Waals surface area contributed by atoms with Crippen molar-refractivity contribution in [2.24, 2.45) is 11.8 Å². The number of hydrogen-bond donors (Lipinski definition) is 2. The van der Waals surface area contributed by atoms with E-state index in [1.807, 2.05) is 6.20 Å². The Bertz CT molecular complexity index is 394. The SMILES string of the molecule is CC(C)(C)c1ccc(NC2C3CNCC32)nc1. The Kier molecular flexibility index (Phi) is 2.40. The third kappa shape index (κ3) is 2.04. The number of pyridine rings is 1. The monoisotopic (exact) mass is 231 g/mol. The highest BCUT2D eigenvalue weighted by atomic mass is 15.1. The molecule has 0 radical (unpaired) electrons. The summed E-state index contributed by atoms with van der Waals surface area (Å²) in [7, 11) is 0. The van der Waals surface area contributed by atoms with Crippen molar-refractivity contribution in [2.45, 2.75) is 32.2 Å². The summed E-state index contributed by atoms with van der Waals surface area (Å²) in [6, 6.07) is 4.96. The first-order valence-corrected chi connectivity index (χ1v) is 6.49. The van der Waals surface area contributed by atoms with E-state index in [4.69, 9.17) is 0 Å². The molecular formula is C14H21N3. The Morgan fingerprint density at radius 2 is 1.94 bits per heavy atom. The van der Waals surface area contributed by atoms with Gasteiger partial charge in [-0.3, -0.25) is 0 Å². The molecule has 2 heterocycles. The third-order valence-electron chi connectivity index (χ3n) is 4.04. The van der Waals surface area contributed by atoms with E-state index in [0.29, 0.717) is 6.04 Å². The molecule has 1 saturated heterocycles. The molecule has 1 saturated carbocycles. The standard InChI is InChI=1S/C14H21N3/c1-14(2,3)9-4-5-12(16-6-9)17-13-10-7-15-8-11(10)13/h4-6,10-11,13,15H,7-8H2,1-3H3,(H,16,17). The number of piperidine rings is 1. The lowest BCUT2D eigenvalue weighted by atomic mass is 9.88. The van der Waals surface area contributed by atoms with Gasteiger partial charge in [0.05, 0.1) is 0 Å². The molecule has 2 fully saturated rings. The molecule has 17 heavy (non-hydrogen) atoms. The lowest BCUT2D eigenvalue weighted by Gasteiger charge is -2.18. The van der Waals surface area contributed by atoms with Crippen LogP contribution in [0.5, 0.6) is 0 Å². The zero-order valence-corrected chi connectivity index (χ0v) is 10.8. The second kappa shape index (κ2) is 3.70. The van der Waals surface area contributed by atoms with Gasteiger partial charge in [-0.1, -0.05) is 26.8 Å². The number of rotatable bonds is 2. The lowest BCUT2D eigenvalue weighted by Crippen LogP contribution is -2.21. The molecule has 3 nitrogen and oxygen atoms in total. The number of aromatic nitrogens is 1. The molecule has 2 aliphatic rings.